The van der Waals surface area contributed by atoms with Gasteiger partial charge in [-0.05, 0) is 36.2 Å². The van der Waals surface area contributed by atoms with Crippen LogP contribution >= 0.6 is 34.8 Å². The van der Waals surface area contributed by atoms with Gasteiger partial charge in [-0.3, -0.25) is 0 Å². The lowest BCUT2D eigenvalue weighted by Gasteiger charge is -2.14. The summed E-state index contributed by atoms with van der Waals surface area (Å²) in [7, 11) is 0. The van der Waals surface area contributed by atoms with E-state index in [2.05, 4.69) is 0 Å². The third-order valence-electron chi connectivity index (χ3n) is 2.73. The summed E-state index contributed by atoms with van der Waals surface area (Å²) in [6.07, 6.45) is 0. The zero-order valence-corrected chi connectivity index (χ0v) is 11.8. The molecule has 0 aromatic heterocycles. The molecule has 1 atom stereocenters. The normalized spacial score (nSPS) is 12.5. The molecule has 0 aliphatic rings. The molecule has 18 heavy (non-hydrogen) atoms. The lowest BCUT2D eigenvalue weighted by atomic mass is 10.0. The quantitative estimate of drug-likeness (QED) is 0.618. The van der Waals surface area contributed by atoms with Gasteiger partial charge in [-0.2, -0.15) is 0 Å². The molecular formula is C14H10Cl3F. The number of hydrogen-bond donors (Lipinski definition) is 0. The molecule has 2 rings (SSSR count). The van der Waals surface area contributed by atoms with Gasteiger partial charge in [0.05, 0.1) is 5.38 Å². The Hall–Kier alpha value is -0.760. The van der Waals surface area contributed by atoms with Crippen LogP contribution in [0.2, 0.25) is 10.0 Å². The van der Waals surface area contributed by atoms with Gasteiger partial charge in [0.25, 0.3) is 0 Å². The van der Waals surface area contributed by atoms with E-state index in [0.717, 1.165) is 5.56 Å². The van der Waals surface area contributed by atoms with Crippen LogP contribution in [0.1, 0.15) is 22.1 Å². The maximum absolute atomic E-state index is 13.2. The molecule has 0 aliphatic carbocycles. The highest BCUT2D eigenvalue weighted by Gasteiger charge is 2.18. The summed E-state index contributed by atoms with van der Waals surface area (Å²) >= 11 is 18.6. The number of alkyl halides is 1. The molecule has 0 N–H and O–H groups in total. The summed E-state index contributed by atoms with van der Waals surface area (Å²) in [5.74, 6) is -0.257. The van der Waals surface area contributed by atoms with E-state index in [9.17, 15) is 4.39 Å². The highest BCUT2D eigenvalue weighted by atomic mass is 35.5. The molecule has 0 radical (unpaired) electrons. The van der Waals surface area contributed by atoms with Crippen molar-refractivity contribution >= 4 is 34.8 Å². The lowest BCUT2D eigenvalue weighted by molar-refractivity contribution is 0.617. The summed E-state index contributed by atoms with van der Waals surface area (Å²) < 4.78 is 13.2. The minimum Gasteiger partial charge on any atom is -0.207 e. The Morgan fingerprint density at radius 3 is 2.22 bits per heavy atom. The van der Waals surface area contributed by atoms with Gasteiger partial charge in [-0.15, -0.1) is 11.6 Å². The summed E-state index contributed by atoms with van der Waals surface area (Å²) in [6.45, 7) is 1.69. The van der Waals surface area contributed by atoms with Crippen molar-refractivity contribution in [3.63, 3.8) is 0 Å². The molecule has 0 nitrogen and oxygen atoms in total. The highest BCUT2D eigenvalue weighted by Crippen LogP contribution is 2.38. The van der Waals surface area contributed by atoms with Crippen molar-refractivity contribution < 1.29 is 4.39 Å². The Balaban J connectivity index is 2.48. The van der Waals surface area contributed by atoms with Crippen molar-refractivity contribution in [2.45, 2.75) is 12.3 Å². The minimum atomic E-state index is -0.495. The van der Waals surface area contributed by atoms with Crippen molar-refractivity contribution in [2.75, 3.05) is 0 Å². The average Bonchev–Trinajstić information content (AvgIpc) is 2.32. The smallest absolute Gasteiger partial charge is 0.126 e. The second-order valence-corrected chi connectivity index (χ2v) is 5.26. The fourth-order valence-corrected chi connectivity index (χ4v) is 2.84. The first-order chi connectivity index (χ1) is 8.50. The second-order valence-electron chi connectivity index (χ2n) is 4.01. The molecule has 0 amide bonds. The van der Waals surface area contributed by atoms with Crippen LogP contribution in [0.25, 0.3) is 0 Å². The van der Waals surface area contributed by atoms with Gasteiger partial charge in [0, 0.05) is 15.6 Å². The number of benzene rings is 2. The second kappa shape index (κ2) is 5.48. The zero-order valence-electron chi connectivity index (χ0n) is 9.55. The molecule has 0 heterocycles. The topological polar surface area (TPSA) is 0 Å². The number of halogens is 4. The monoisotopic (exact) mass is 302 g/mol. The van der Waals surface area contributed by atoms with Gasteiger partial charge in [0.15, 0.2) is 0 Å². The molecule has 0 bridgehead atoms. The fraction of sp³-hybridized carbons (Fsp3) is 0.143. The largest absolute Gasteiger partial charge is 0.207 e. The van der Waals surface area contributed by atoms with Gasteiger partial charge >= 0.3 is 0 Å². The van der Waals surface area contributed by atoms with Crippen LogP contribution in [0, 0.1) is 12.7 Å². The molecule has 0 saturated heterocycles. The number of rotatable bonds is 2. The van der Waals surface area contributed by atoms with Gasteiger partial charge < -0.3 is 0 Å². The molecule has 0 aliphatic heterocycles. The van der Waals surface area contributed by atoms with Crippen LogP contribution in [0.3, 0.4) is 0 Å². The molecule has 4 heteroatoms. The molecule has 0 fully saturated rings. The van der Waals surface area contributed by atoms with E-state index < -0.39 is 5.38 Å². The highest BCUT2D eigenvalue weighted by molar-refractivity contribution is 6.38. The van der Waals surface area contributed by atoms with Gasteiger partial charge in [-0.1, -0.05) is 41.4 Å². The van der Waals surface area contributed by atoms with Crippen LogP contribution in [-0.2, 0) is 0 Å². The van der Waals surface area contributed by atoms with Crippen LogP contribution in [-0.4, -0.2) is 0 Å². The fourth-order valence-electron chi connectivity index (χ4n) is 1.75. The van der Waals surface area contributed by atoms with Crippen LogP contribution < -0.4 is 0 Å². The van der Waals surface area contributed by atoms with E-state index in [1.165, 1.54) is 6.07 Å². The molecule has 94 valence electrons. The van der Waals surface area contributed by atoms with E-state index in [0.29, 0.717) is 21.2 Å². The standard InChI is InChI=1S/C14H10Cl3F/c1-8-7-9(5-6-12(8)18)14(17)13-10(15)3-2-4-11(13)16/h2-7,14H,1H3. The van der Waals surface area contributed by atoms with E-state index in [1.807, 2.05) is 0 Å². The Morgan fingerprint density at radius 1 is 1.06 bits per heavy atom. The molecule has 2 aromatic carbocycles. The first-order valence-corrected chi connectivity index (χ1v) is 6.54. The van der Waals surface area contributed by atoms with Gasteiger partial charge in [-0.25, -0.2) is 4.39 Å². The number of aryl methyl sites for hydroxylation is 1. The number of hydrogen-bond acceptors (Lipinski definition) is 0. The van der Waals surface area contributed by atoms with E-state index in [1.54, 1.807) is 37.3 Å². The minimum absolute atomic E-state index is 0.257. The molecule has 0 saturated carbocycles. The van der Waals surface area contributed by atoms with Crippen LogP contribution in [0.5, 0.6) is 0 Å². The molecule has 0 spiro atoms. The summed E-state index contributed by atoms with van der Waals surface area (Å²) in [5.41, 5.74) is 1.96. The van der Waals surface area contributed by atoms with Crippen molar-refractivity contribution in [2.24, 2.45) is 0 Å². The van der Waals surface area contributed by atoms with E-state index in [4.69, 9.17) is 34.8 Å². The van der Waals surface area contributed by atoms with Crippen LogP contribution in [0.4, 0.5) is 4.39 Å². The maximum atomic E-state index is 13.2. The zero-order chi connectivity index (χ0) is 13.3. The Labute approximate surface area is 120 Å². The SMILES string of the molecule is Cc1cc(C(Cl)c2c(Cl)cccc2Cl)ccc1F. The van der Waals surface area contributed by atoms with E-state index in [-0.39, 0.29) is 5.82 Å². The molecule has 2 aromatic rings. The predicted octanol–water partition coefficient (Wildman–Crippen LogP) is 5.77. The third kappa shape index (κ3) is 2.64. The summed E-state index contributed by atoms with van der Waals surface area (Å²) in [6, 6.07) is 9.95. The van der Waals surface area contributed by atoms with E-state index >= 15 is 0 Å². The lowest BCUT2D eigenvalue weighted by Crippen LogP contribution is -1.97. The Bertz CT molecular complexity index is 561. The Morgan fingerprint density at radius 2 is 1.67 bits per heavy atom. The third-order valence-corrected chi connectivity index (χ3v) is 3.86. The first kappa shape index (κ1) is 13.7. The predicted molar refractivity (Wildman–Crippen MR) is 75.3 cm³/mol. The summed E-state index contributed by atoms with van der Waals surface area (Å²) in [4.78, 5) is 0. The van der Waals surface area contributed by atoms with Gasteiger partial charge in [0.2, 0.25) is 0 Å². The van der Waals surface area contributed by atoms with Crippen molar-refractivity contribution in [1.29, 1.82) is 0 Å². The van der Waals surface area contributed by atoms with Crippen LogP contribution in [0.15, 0.2) is 36.4 Å². The van der Waals surface area contributed by atoms with Crippen molar-refractivity contribution in [3.05, 3.63) is 69.0 Å². The van der Waals surface area contributed by atoms with Crippen molar-refractivity contribution in [3.8, 4) is 0 Å². The molecule has 1 unspecified atom stereocenters. The van der Waals surface area contributed by atoms with Gasteiger partial charge in [0.1, 0.15) is 5.82 Å². The first-order valence-electron chi connectivity index (χ1n) is 5.34. The van der Waals surface area contributed by atoms with Crippen molar-refractivity contribution in [1.82, 2.24) is 0 Å². The maximum Gasteiger partial charge on any atom is 0.126 e. The Kier molecular flexibility index (Phi) is 4.16. The average molecular weight is 304 g/mol. The molecular weight excluding hydrogens is 294 g/mol. The summed E-state index contributed by atoms with van der Waals surface area (Å²) in [5, 5.41) is 0.513.